The van der Waals surface area contributed by atoms with Crippen LogP contribution in [-0.4, -0.2) is 24.0 Å². The van der Waals surface area contributed by atoms with Gasteiger partial charge in [0.05, 0.1) is 0 Å². The molecule has 0 aliphatic heterocycles. The van der Waals surface area contributed by atoms with Crippen LogP contribution in [0.5, 0.6) is 0 Å². The monoisotopic (exact) mass is 289 g/mol. The van der Waals surface area contributed by atoms with E-state index in [0.29, 0.717) is 6.42 Å². The van der Waals surface area contributed by atoms with Crippen LogP contribution in [0.4, 0.5) is 0 Å². The number of nitrogens with one attached hydrogen (secondary N) is 1. The summed E-state index contributed by atoms with van der Waals surface area (Å²) in [5.41, 5.74) is 1.01. The van der Waals surface area contributed by atoms with Gasteiger partial charge >= 0.3 is 5.97 Å². The van der Waals surface area contributed by atoms with Gasteiger partial charge < -0.3 is 10.1 Å². The quantitative estimate of drug-likeness (QED) is 0.848. The molecule has 0 unspecified atom stereocenters. The molecule has 2 rings (SSSR count). The molecular formula is C17H23NO3. The van der Waals surface area contributed by atoms with Gasteiger partial charge in [-0.05, 0) is 31.2 Å². The van der Waals surface area contributed by atoms with E-state index in [1.807, 2.05) is 30.3 Å². The number of esters is 1. The minimum absolute atomic E-state index is 0.0123. The lowest BCUT2D eigenvalue weighted by Gasteiger charge is -2.25. The number of hydrogen-bond acceptors (Lipinski definition) is 3. The average molecular weight is 289 g/mol. The lowest BCUT2D eigenvalue weighted by Crippen LogP contribution is -2.43. The highest BCUT2D eigenvalue weighted by atomic mass is 16.5. The number of amides is 1. The zero-order valence-electron chi connectivity index (χ0n) is 12.5. The van der Waals surface area contributed by atoms with Gasteiger partial charge in [0.25, 0.3) is 0 Å². The third-order valence-corrected chi connectivity index (χ3v) is 3.78. The van der Waals surface area contributed by atoms with Crippen molar-refractivity contribution in [3.63, 3.8) is 0 Å². The molecule has 1 amide bonds. The van der Waals surface area contributed by atoms with Crippen LogP contribution in [-0.2, 0) is 20.7 Å². The largest absolute Gasteiger partial charge is 0.461 e. The first kappa shape index (κ1) is 15.5. The van der Waals surface area contributed by atoms with Crippen LogP contribution in [0.2, 0.25) is 0 Å². The minimum Gasteiger partial charge on any atom is -0.461 e. The summed E-state index contributed by atoms with van der Waals surface area (Å²) in [6.07, 6.45) is 5.79. The van der Waals surface area contributed by atoms with E-state index >= 15 is 0 Å². The molecule has 0 aromatic heterocycles. The number of ether oxygens (including phenoxy) is 1. The number of carbonyl (C=O) groups excluding carboxylic acids is 2. The maximum atomic E-state index is 12.3. The Morgan fingerprint density at radius 1 is 1.19 bits per heavy atom. The van der Waals surface area contributed by atoms with Crippen molar-refractivity contribution >= 4 is 11.9 Å². The van der Waals surface area contributed by atoms with Gasteiger partial charge in [0.1, 0.15) is 12.1 Å². The molecule has 0 spiro atoms. The second kappa shape index (κ2) is 7.81. The molecule has 0 saturated heterocycles. The third-order valence-electron chi connectivity index (χ3n) is 3.78. The predicted octanol–water partition coefficient (Wildman–Crippen LogP) is 2.61. The van der Waals surface area contributed by atoms with Crippen molar-refractivity contribution in [1.82, 2.24) is 5.32 Å². The Balaban J connectivity index is 1.97. The number of rotatable bonds is 5. The molecule has 1 fully saturated rings. The first-order valence-electron chi connectivity index (χ1n) is 7.66. The predicted molar refractivity (Wildman–Crippen MR) is 80.7 cm³/mol. The fourth-order valence-electron chi connectivity index (χ4n) is 2.72. The topological polar surface area (TPSA) is 55.4 Å². The molecule has 1 aromatic carbocycles. The molecule has 1 N–H and O–H groups in total. The van der Waals surface area contributed by atoms with Crippen molar-refractivity contribution in [2.75, 3.05) is 0 Å². The summed E-state index contributed by atoms with van der Waals surface area (Å²) in [5.74, 6) is -0.530. The number of carbonyl (C=O) groups is 2. The summed E-state index contributed by atoms with van der Waals surface area (Å²) in [5, 5.41) is 2.70. The molecule has 4 heteroatoms. The highest BCUT2D eigenvalue weighted by Gasteiger charge is 2.25. The van der Waals surface area contributed by atoms with Gasteiger partial charge in [-0.15, -0.1) is 0 Å². The second-order valence-corrected chi connectivity index (χ2v) is 5.64. The Morgan fingerprint density at radius 3 is 2.48 bits per heavy atom. The SMILES string of the molecule is CC(=O)N[C@@H](Cc1ccccc1)C(=O)OC1CCCCC1. The van der Waals surface area contributed by atoms with E-state index < -0.39 is 6.04 Å². The fourth-order valence-corrected chi connectivity index (χ4v) is 2.72. The first-order chi connectivity index (χ1) is 10.1. The third kappa shape index (κ3) is 5.21. The Bertz CT molecular complexity index is 466. The molecule has 4 nitrogen and oxygen atoms in total. The number of hydrogen-bond donors (Lipinski definition) is 1. The highest BCUT2D eigenvalue weighted by molar-refractivity contribution is 5.83. The van der Waals surface area contributed by atoms with Gasteiger partial charge in [0, 0.05) is 13.3 Å². The van der Waals surface area contributed by atoms with Crippen LogP contribution in [0.15, 0.2) is 30.3 Å². The Hall–Kier alpha value is -1.84. The molecular weight excluding hydrogens is 266 g/mol. The lowest BCUT2D eigenvalue weighted by molar-refractivity contribution is -0.154. The van der Waals surface area contributed by atoms with E-state index in [4.69, 9.17) is 4.74 Å². The van der Waals surface area contributed by atoms with E-state index in [-0.39, 0.29) is 18.0 Å². The summed E-state index contributed by atoms with van der Waals surface area (Å²) in [7, 11) is 0. The van der Waals surface area contributed by atoms with E-state index in [9.17, 15) is 9.59 Å². The van der Waals surface area contributed by atoms with E-state index in [1.54, 1.807) is 0 Å². The fraction of sp³-hybridized carbons (Fsp3) is 0.529. The standard InChI is InChI=1S/C17H23NO3/c1-13(19)18-16(12-14-8-4-2-5-9-14)17(20)21-15-10-6-3-7-11-15/h2,4-5,8-9,15-16H,3,6-7,10-12H2,1H3,(H,18,19)/t16-/m0/s1. The van der Waals surface area contributed by atoms with Crippen molar-refractivity contribution in [2.45, 2.75) is 57.6 Å². The van der Waals surface area contributed by atoms with Crippen molar-refractivity contribution < 1.29 is 14.3 Å². The lowest BCUT2D eigenvalue weighted by atomic mass is 9.97. The summed E-state index contributed by atoms with van der Waals surface area (Å²) in [6, 6.07) is 9.06. The van der Waals surface area contributed by atoms with E-state index in [0.717, 1.165) is 31.2 Å². The van der Waals surface area contributed by atoms with Crippen LogP contribution >= 0.6 is 0 Å². The Morgan fingerprint density at radius 2 is 1.86 bits per heavy atom. The molecule has 1 aromatic rings. The van der Waals surface area contributed by atoms with Gasteiger partial charge in [0.2, 0.25) is 5.91 Å². The molecule has 0 heterocycles. The normalized spacial score (nSPS) is 17.0. The molecule has 1 atom stereocenters. The van der Waals surface area contributed by atoms with Crippen LogP contribution in [0.1, 0.15) is 44.6 Å². The smallest absolute Gasteiger partial charge is 0.329 e. The zero-order valence-corrected chi connectivity index (χ0v) is 12.5. The minimum atomic E-state index is -0.605. The zero-order chi connectivity index (χ0) is 15.1. The highest BCUT2D eigenvalue weighted by Crippen LogP contribution is 2.21. The Kier molecular flexibility index (Phi) is 5.78. The van der Waals surface area contributed by atoms with Crippen LogP contribution in [0, 0.1) is 0 Å². The molecule has 21 heavy (non-hydrogen) atoms. The maximum Gasteiger partial charge on any atom is 0.329 e. The van der Waals surface area contributed by atoms with Crippen molar-refractivity contribution in [3.8, 4) is 0 Å². The van der Waals surface area contributed by atoms with Crippen molar-refractivity contribution in [1.29, 1.82) is 0 Å². The van der Waals surface area contributed by atoms with Crippen molar-refractivity contribution in [2.24, 2.45) is 0 Å². The maximum absolute atomic E-state index is 12.3. The van der Waals surface area contributed by atoms with Crippen molar-refractivity contribution in [3.05, 3.63) is 35.9 Å². The summed E-state index contributed by atoms with van der Waals surface area (Å²) in [6.45, 7) is 1.42. The summed E-state index contributed by atoms with van der Waals surface area (Å²) >= 11 is 0. The second-order valence-electron chi connectivity index (χ2n) is 5.64. The molecule has 1 saturated carbocycles. The molecule has 0 bridgehead atoms. The Labute approximate surface area is 125 Å². The van der Waals surface area contributed by atoms with Gasteiger partial charge in [-0.2, -0.15) is 0 Å². The van der Waals surface area contributed by atoms with Gasteiger partial charge in [-0.3, -0.25) is 4.79 Å². The molecule has 0 radical (unpaired) electrons. The van der Waals surface area contributed by atoms with Crippen LogP contribution in [0.3, 0.4) is 0 Å². The number of benzene rings is 1. The van der Waals surface area contributed by atoms with Crippen LogP contribution in [0.25, 0.3) is 0 Å². The van der Waals surface area contributed by atoms with Gasteiger partial charge in [-0.25, -0.2) is 4.79 Å². The van der Waals surface area contributed by atoms with E-state index in [1.165, 1.54) is 13.3 Å². The van der Waals surface area contributed by atoms with Crippen LogP contribution < -0.4 is 5.32 Å². The first-order valence-corrected chi connectivity index (χ1v) is 7.66. The van der Waals surface area contributed by atoms with E-state index in [2.05, 4.69) is 5.32 Å². The molecule has 114 valence electrons. The van der Waals surface area contributed by atoms with Gasteiger partial charge in [-0.1, -0.05) is 36.8 Å². The van der Waals surface area contributed by atoms with Gasteiger partial charge in [0.15, 0.2) is 0 Å². The molecule has 1 aliphatic carbocycles. The summed E-state index contributed by atoms with van der Waals surface area (Å²) in [4.78, 5) is 23.6. The average Bonchev–Trinajstić information content (AvgIpc) is 2.48. The summed E-state index contributed by atoms with van der Waals surface area (Å²) < 4.78 is 5.57. The molecule has 1 aliphatic rings.